The van der Waals surface area contributed by atoms with Crippen molar-refractivity contribution in [3.8, 4) is 12.3 Å². The van der Waals surface area contributed by atoms with E-state index in [0.717, 1.165) is 18.9 Å². The molecule has 0 radical (unpaired) electrons. The van der Waals surface area contributed by atoms with E-state index in [-0.39, 0.29) is 0 Å². The highest BCUT2D eigenvalue weighted by atomic mass is 15.2. The Balaban J connectivity index is 2.27. The Morgan fingerprint density at radius 1 is 1.31 bits per heavy atom. The first-order valence-corrected chi connectivity index (χ1v) is 5.28. The van der Waals surface area contributed by atoms with Crippen molar-refractivity contribution in [3.05, 3.63) is 35.9 Å². The molecule has 1 aromatic rings. The highest BCUT2D eigenvalue weighted by molar-refractivity contribution is 5.79. The first kappa shape index (κ1) is 12.1. The van der Waals surface area contributed by atoms with Crippen LogP contribution < -0.4 is 10.6 Å². The molecule has 3 nitrogen and oxygen atoms in total. The second-order valence-electron chi connectivity index (χ2n) is 3.29. The Hall–Kier alpha value is -1.95. The molecule has 1 aromatic carbocycles. The quantitative estimate of drug-likeness (QED) is 0.447. The molecular formula is C13H17N3. The fourth-order valence-electron chi connectivity index (χ4n) is 1.33. The van der Waals surface area contributed by atoms with Gasteiger partial charge in [0.15, 0.2) is 5.96 Å². The molecule has 0 bridgehead atoms. The predicted octanol–water partition coefficient (Wildman–Crippen LogP) is 1.03. The lowest BCUT2D eigenvalue weighted by Crippen LogP contribution is -2.38. The van der Waals surface area contributed by atoms with Gasteiger partial charge in [-0.2, -0.15) is 0 Å². The van der Waals surface area contributed by atoms with Gasteiger partial charge in [-0.3, -0.25) is 4.99 Å². The molecule has 16 heavy (non-hydrogen) atoms. The zero-order chi connectivity index (χ0) is 11.6. The van der Waals surface area contributed by atoms with Crippen molar-refractivity contribution in [3.63, 3.8) is 0 Å². The van der Waals surface area contributed by atoms with E-state index in [2.05, 4.69) is 33.7 Å². The summed E-state index contributed by atoms with van der Waals surface area (Å²) in [6.45, 7) is 1.33. The average Bonchev–Trinajstić information content (AvgIpc) is 2.35. The fourth-order valence-corrected chi connectivity index (χ4v) is 1.33. The van der Waals surface area contributed by atoms with Crippen molar-refractivity contribution < 1.29 is 0 Å². The van der Waals surface area contributed by atoms with E-state index in [0.29, 0.717) is 6.54 Å². The molecule has 0 saturated heterocycles. The lowest BCUT2D eigenvalue weighted by atomic mass is 10.1. The Morgan fingerprint density at radius 3 is 2.69 bits per heavy atom. The van der Waals surface area contributed by atoms with Gasteiger partial charge in [0.05, 0.1) is 6.54 Å². The van der Waals surface area contributed by atoms with Crippen molar-refractivity contribution in [2.75, 3.05) is 20.1 Å². The fraction of sp³-hybridized carbons (Fsp3) is 0.308. The van der Waals surface area contributed by atoms with E-state index in [1.807, 2.05) is 18.2 Å². The third kappa shape index (κ3) is 4.52. The smallest absolute Gasteiger partial charge is 0.191 e. The van der Waals surface area contributed by atoms with Gasteiger partial charge in [0.2, 0.25) is 0 Å². The van der Waals surface area contributed by atoms with Crippen molar-refractivity contribution in [2.24, 2.45) is 4.99 Å². The molecule has 84 valence electrons. The van der Waals surface area contributed by atoms with E-state index >= 15 is 0 Å². The van der Waals surface area contributed by atoms with Crippen molar-refractivity contribution >= 4 is 5.96 Å². The highest BCUT2D eigenvalue weighted by Gasteiger charge is 1.95. The number of terminal acetylenes is 1. The van der Waals surface area contributed by atoms with Gasteiger partial charge in [-0.25, -0.2) is 0 Å². The van der Waals surface area contributed by atoms with Crippen LogP contribution in [0, 0.1) is 12.3 Å². The van der Waals surface area contributed by atoms with Crippen LogP contribution in [-0.4, -0.2) is 26.1 Å². The summed E-state index contributed by atoms with van der Waals surface area (Å²) in [5.74, 6) is 3.25. The summed E-state index contributed by atoms with van der Waals surface area (Å²) in [7, 11) is 1.73. The maximum atomic E-state index is 5.16. The minimum absolute atomic E-state index is 0.491. The molecule has 0 unspecified atom stereocenters. The Bertz CT molecular complexity index is 363. The normalized spacial score (nSPS) is 10.6. The van der Waals surface area contributed by atoms with Gasteiger partial charge in [-0.1, -0.05) is 36.3 Å². The SMILES string of the molecule is C#CCNC(=NC)NCCc1ccccc1. The molecule has 0 spiro atoms. The molecule has 0 aliphatic carbocycles. The van der Waals surface area contributed by atoms with E-state index in [9.17, 15) is 0 Å². The molecule has 2 N–H and O–H groups in total. The van der Waals surface area contributed by atoms with Gasteiger partial charge < -0.3 is 10.6 Å². The zero-order valence-corrected chi connectivity index (χ0v) is 9.53. The Kier molecular flexibility index (Phi) is 5.57. The molecule has 0 amide bonds. The van der Waals surface area contributed by atoms with Gasteiger partial charge >= 0.3 is 0 Å². The van der Waals surface area contributed by atoms with Crippen LogP contribution in [-0.2, 0) is 6.42 Å². The first-order chi connectivity index (χ1) is 7.86. The largest absolute Gasteiger partial charge is 0.356 e. The molecular weight excluding hydrogens is 198 g/mol. The number of nitrogens with zero attached hydrogens (tertiary/aromatic N) is 1. The summed E-state index contributed by atoms with van der Waals surface area (Å²) >= 11 is 0. The number of hydrogen-bond donors (Lipinski definition) is 2. The number of aliphatic imine (C=N–C) groups is 1. The monoisotopic (exact) mass is 215 g/mol. The number of rotatable bonds is 4. The standard InChI is InChI=1S/C13H17N3/c1-3-10-15-13(14-2)16-11-9-12-7-5-4-6-8-12/h1,4-8H,9-11H2,2H3,(H2,14,15,16). The minimum atomic E-state index is 0.491. The number of guanidine groups is 1. The maximum Gasteiger partial charge on any atom is 0.191 e. The lowest BCUT2D eigenvalue weighted by molar-refractivity contribution is 0.824. The third-order valence-electron chi connectivity index (χ3n) is 2.13. The molecule has 3 heteroatoms. The summed E-state index contributed by atoms with van der Waals surface area (Å²) in [4.78, 5) is 4.06. The lowest BCUT2D eigenvalue weighted by Gasteiger charge is -2.09. The van der Waals surface area contributed by atoms with E-state index in [1.165, 1.54) is 5.56 Å². The summed E-state index contributed by atoms with van der Waals surface area (Å²) in [6, 6.07) is 10.3. The van der Waals surface area contributed by atoms with Gasteiger partial charge in [0, 0.05) is 13.6 Å². The van der Waals surface area contributed by atoms with Crippen molar-refractivity contribution in [1.82, 2.24) is 10.6 Å². The predicted molar refractivity (Wildman–Crippen MR) is 68.3 cm³/mol. The molecule has 0 heterocycles. The second-order valence-corrected chi connectivity index (χ2v) is 3.29. The molecule has 0 saturated carbocycles. The third-order valence-corrected chi connectivity index (χ3v) is 2.13. The molecule has 0 aliphatic rings. The van der Waals surface area contributed by atoms with Crippen LogP contribution in [0.2, 0.25) is 0 Å². The van der Waals surface area contributed by atoms with Crippen LogP contribution in [0.4, 0.5) is 0 Å². The molecule has 0 atom stereocenters. The zero-order valence-electron chi connectivity index (χ0n) is 9.53. The summed E-state index contributed by atoms with van der Waals surface area (Å²) in [5, 5.41) is 6.20. The Labute approximate surface area is 97.0 Å². The van der Waals surface area contributed by atoms with E-state index in [4.69, 9.17) is 6.42 Å². The second kappa shape index (κ2) is 7.36. The van der Waals surface area contributed by atoms with Crippen molar-refractivity contribution in [2.45, 2.75) is 6.42 Å². The highest BCUT2D eigenvalue weighted by Crippen LogP contribution is 1.97. The van der Waals surface area contributed by atoms with Gasteiger partial charge in [-0.15, -0.1) is 6.42 Å². The summed E-state index contributed by atoms with van der Waals surface area (Å²) < 4.78 is 0. The van der Waals surface area contributed by atoms with Gasteiger partial charge in [0.25, 0.3) is 0 Å². The Morgan fingerprint density at radius 2 is 2.06 bits per heavy atom. The molecule has 1 rings (SSSR count). The minimum Gasteiger partial charge on any atom is -0.356 e. The average molecular weight is 215 g/mol. The maximum absolute atomic E-state index is 5.16. The van der Waals surface area contributed by atoms with Crippen LogP contribution in [0.3, 0.4) is 0 Å². The number of benzene rings is 1. The first-order valence-electron chi connectivity index (χ1n) is 5.28. The van der Waals surface area contributed by atoms with Crippen LogP contribution >= 0.6 is 0 Å². The number of nitrogens with one attached hydrogen (secondary N) is 2. The number of hydrogen-bond acceptors (Lipinski definition) is 1. The summed E-state index contributed by atoms with van der Waals surface area (Å²) in [5.41, 5.74) is 1.31. The topological polar surface area (TPSA) is 36.4 Å². The molecule has 0 aliphatic heterocycles. The molecule has 0 fully saturated rings. The van der Waals surface area contributed by atoms with Gasteiger partial charge in [0.1, 0.15) is 0 Å². The van der Waals surface area contributed by atoms with E-state index in [1.54, 1.807) is 7.05 Å². The van der Waals surface area contributed by atoms with Gasteiger partial charge in [-0.05, 0) is 12.0 Å². The van der Waals surface area contributed by atoms with Crippen LogP contribution in [0.15, 0.2) is 35.3 Å². The van der Waals surface area contributed by atoms with Crippen molar-refractivity contribution in [1.29, 1.82) is 0 Å². The molecule has 0 aromatic heterocycles. The van der Waals surface area contributed by atoms with Crippen LogP contribution in [0.5, 0.6) is 0 Å². The summed E-state index contributed by atoms with van der Waals surface area (Å²) in [6.07, 6.45) is 6.13. The van der Waals surface area contributed by atoms with Crippen LogP contribution in [0.25, 0.3) is 0 Å². The van der Waals surface area contributed by atoms with Crippen LogP contribution in [0.1, 0.15) is 5.56 Å². The van der Waals surface area contributed by atoms with E-state index < -0.39 is 0 Å².